The van der Waals surface area contributed by atoms with Gasteiger partial charge in [0.15, 0.2) is 11.6 Å². The van der Waals surface area contributed by atoms with E-state index in [0.717, 1.165) is 48.6 Å². The minimum absolute atomic E-state index is 0.0972. The highest BCUT2D eigenvalue weighted by Crippen LogP contribution is 2.37. The van der Waals surface area contributed by atoms with Crippen LogP contribution in [0.3, 0.4) is 0 Å². The van der Waals surface area contributed by atoms with E-state index in [1.807, 2.05) is 42.5 Å². The number of nitrogens with zero attached hydrogens (tertiary/aromatic N) is 1. The Labute approximate surface area is 227 Å². The molecule has 7 heteroatoms. The normalized spacial score (nSPS) is 11.4. The van der Waals surface area contributed by atoms with Crippen LogP contribution in [0.4, 0.5) is 23.7 Å². The topological polar surface area (TPSA) is 45.5 Å². The van der Waals surface area contributed by atoms with E-state index in [-0.39, 0.29) is 6.54 Å². The molecule has 0 aliphatic rings. The van der Waals surface area contributed by atoms with Crippen LogP contribution in [0.25, 0.3) is 22.1 Å². The van der Waals surface area contributed by atoms with Crippen LogP contribution in [0.15, 0.2) is 65.1 Å². The monoisotopic (exact) mass is 536 g/mol. The molecule has 0 atom stereocenters. The molecule has 0 bridgehead atoms. The summed E-state index contributed by atoms with van der Waals surface area (Å²) >= 11 is 0. The van der Waals surface area contributed by atoms with Crippen molar-refractivity contribution in [2.45, 2.75) is 65.3 Å². The number of halogens is 3. The van der Waals surface area contributed by atoms with E-state index < -0.39 is 29.2 Å². The van der Waals surface area contributed by atoms with Crippen LogP contribution in [0.5, 0.6) is 0 Å². The highest BCUT2D eigenvalue weighted by Gasteiger charge is 2.24. The van der Waals surface area contributed by atoms with Gasteiger partial charge in [0.05, 0.1) is 6.54 Å². The standard InChI is InChI=1S/C32H35F3N2O2/c1-4-5-6-7-11-16-37(32(38)36-31-26(34)18-24(33)19-27(31)35)20-29-30(22-12-9-8-10-13-22)25-17-23(21(2)3)14-15-28(25)39-29/h8-10,12-15,17-19,21H,4-7,11,16,20H2,1-3H3,(H,36,38). The Balaban J connectivity index is 1.70. The third-order valence-electron chi connectivity index (χ3n) is 6.91. The first-order valence-electron chi connectivity index (χ1n) is 13.6. The first-order valence-corrected chi connectivity index (χ1v) is 13.6. The summed E-state index contributed by atoms with van der Waals surface area (Å²) in [5, 5.41) is 3.27. The van der Waals surface area contributed by atoms with Crippen molar-refractivity contribution in [3.63, 3.8) is 0 Å². The average molecular weight is 537 g/mol. The maximum Gasteiger partial charge on any atom is 0.322 e. The number of benzene rings is 3. The molecule has 39 heavy (non-hydrogen) atoms. The fourth-order valence-electron chi connectivity index (χ4n) is 4.74. The molecule has 2 amide bonds. The second-order valence-corrected chi connectivity index (χ2v) is 10.2. The first-order chi connectivity index (χ1) is 18.8. The second kappa shape index (κ2) is 12.9. The second-order valence-electron chi connectivity index (χ2n) is 10.2. The molecule has 4 aromatic rings. The Morgan fingerprint density at radius 2 is 1.62 bits per heavy atom. The molecule has 4 nitrogen and oxygen atoms in total. The van der Waals surface area contributed by atoms with Gasteiger partial charge in [-0.05, 0) is 35.6 Å². The summed E-state index contributed by atoms with van der Waals surface area (Å²) in [6.45, 7) is 6.84. The van der Waals surface area contributed by atoms with E-state index in [1.54, 1.807) is 0 Å². The quantitative estimate of drug-likeness (QED) is 0.194. The van der Waals surface area contributed by atoms with Crippen LogP contribution in [0.2, 0.25) is 0 Å². The molecule has 1 aromatic heterocycles. The number of nitrogens with one attached hydrogen (secondary N) is 1. The van der Waals surface area contributed by atoms with Gasteiger partial charge in [-0.25, -0.2) is 18.0 Å². The fourth-order valence-corrected chi connectivity index (χ4v) is 4.74. The molecular weight excluding hydrogens is 501 g/mol. The number of anilines is 1. The maximum atomic E-state index is 14.3. The minimum atomic E-state index is -1.17. The number of hydrogen-bond acceptors (Lipinski definition) is 2. The van der Waals surface area contributed by atoms with Crippen molar-refractivity contribution in [3.05, 3.63) is 89.4 Å². The van der Waals surface area contributed by atoms with Crippen molar-refractivity contribution in [1.29, 1.82) is 0 Å². The fraction of sp³-hybridized carbons (Fsp3) is 0.344. The van der Waals surface area contributed by atoms with Gasteiger partial charge < -0.3 is 14.6 Å². The van der Waals surface area contributed by atoms with Gasteiger partial charge in [-0.2, -0.15) is 0 Å². The zero-order valence-electron chi connectivity index (χ0n) is 22.7. The Kier molecular flexibility index (Phi) is 9.33. The van der Waals surface area contributed by atoms with Gasteiger partial charge in [0, 0.05) is 29.6 Å². The van der Waals surface area contributed by atoms with Gasteiger partial charge >= 0.3 is 6.03 Å². The smallest absolute Gasteiger partial charge is 0.322 e. The van der Waals surface area contributed by atoms with Crippen LogP contribution in [-0.2, 0) is 6.54 Å². The van der Waals surface area contributed by atoms with Gasteiger partial charge in [0.2, 0.25) is 0 Å². The van der Waals surface area contributed by atoms with Crippen LogP contribution < -0.4 is 5.32 Å². The minimum Gasteiger partial charge on any atom is -0.459 e. The summed E-state index contributed by atoms with van der Waals surface area (Å²) < 4.78 is 48.4. The Morgan fingerprint density at radius 3 is 2.28 bits per heavy atom. The Bertz CT molecular complexity index is 1390. The first kappa shape index (κ1) is 28.3. The largest absolute Gasteiger partial charge is 0.459 e. The van der Waals surface area contributed by atoms with Crippen molar-refractivity contribution in [2.75, 3.05) is 11.9 Å². The SMILES string of the molecule is CCCCCCCN(Cc1oc2ccc(C(C)C)cc2c1-c1ccccc1)C(=O)Nc1c(F)cc(F)cc1F. The number of carbonyl (C=O) groups excluding carboxylic acids is 1. The lowest BCUT2D eigenvalue weighted by Crippen LogP contribution is -2.36. The highest BCUT2D eigenvalue weighted by molar-refractivity contribution is 5.96. The molecule has 0 radical (unpaired) electrons. The third kappa shape index (κ3) is 6.83. The summed E-state index contributed by atoms with van der Waals surface area (Å²) in [6, 6.07) is 16.3. The summed E-state index contributed by atoms with van der Waals surface area (Å²) in [4.78, 5) is 14.9. The molecule has 0 spiro atoms. The molecule has 4 rings (SSSR count). The van der Waals surface area contributed by atoms with Gasteiger partial charge in [-0.15, -0.1) is 0 Å². The molecule has 0 aliphatic heterocycles. The molecule has 3 aromatic carbocycles. The predicted octanol–water partition coefficient (Wildman–Crippen LogP) is 9.64. The number of fused-ring (bicyclic) bond motifs is 1. The van der Waals surface area contributed by atoms with Crippen LogP contribution in [-0.4, -0.2) is 17.5 Å². The van der Waals surface area contributed by atoms with E-state index in [4.69, 9.17) is 4.42 Å². The van der Waals surface area contributed by atoms with Gasteiger partial charge in [-0.3, -0.25) is 0 Å². The highest BCUT2D eigenvalue weighted by atomic mass is 19.1. The molecule has 1 N–H and O–H groups in total. The van der Waals surface area contributed by atoms with E-state index in [1.165, 1.54) is 10.5 Å². The molecule has 0 unspecified atom stereocenters. The molecule has 0 aliphatic carbocycles. The zero-order chi connectivity index (χ0) is 27.9. The van der Waals surface area contributed by atoms with E-state index in [9.17, 15) is 18.0 Å². The van der Waals surface area contributed by atoms with E-state index >= 15 is 0 Å². The summed E-state index contributed by atoms with van der Waals surface area (Å²) in [5.74, 6) is -2.48. The van der Waals surface area contributed by atoms with Crippen LogP contribution in [0, 0.1) is 17.5 Å². The summed E-state index contributed by atoms with van der Waals surface area (Å²) in [5.41, 5.74) is 3.03. The van der Waals surface area contributed by atoms with Crippen molar-refractivity contribution >= 4 is 22.7 Å². The number of amides is 2. The molecule has 0 fully saturated rings. The van der Waals surface area contributed by atoms with E-state index in [0.29, 0.717) is 35.9 Å². The molecule has 0 saturated heterocycles. The summed E-state index contributed by atoms with van der Waals surface area (Å²) in [6.07, 6.45) is 4.86. The molecule has 206 valence electrons. The average Bonchev–Trinajstić information content (AvgIpc) is 3.27. The van der Waals surface area contributed by atoms with Crippen LogP contribution in [0.1, 0.15) is 70.1 Å². The lowest BCUT2D eigenvalue weighted by Gasteiger charge is -2.23. The number of furan rings is 1. The van der Waals surface area contributed by atoms with Crippen molar-refractivity contribution in [3.8, 4) is 11.1 Å². The van der Waals surface area contributed by atoms with Crippen molar-refractivity contribution in [2.24, 2.45) is 0 Å². The Morgan fingerprint density at radius 1 is 0.923 bits per heavy atom. The molecular formula is C32H35F3N2O2. The lowest BCUT2D eigenvalue weighted by atomic mass is 9.97. The van der Waals surface area contributed by atoms with Gasteiger partial charge in [-0.1, -0.05) is 82.9 Å². The van der Waals surface area contributed by atoms with Crippen molar-refractivity contribution in [1.82, 2.24) is 4.90 Å². The van der Waals surface area contributed by atoms with Gasteiger partial charge in [0.25, 0.3) is 0 Å². The molecule has 0 saturated carbocycles. The third-order valence-corrected chi connectivity index (χ3v) is 6.91. The number of hydrogen-bond donors (Lipinski definition) is 1. The molecule has 1 heterocycles. The van der Waals surface area contributed by atoms with E-state index in [2.05, 4.69) is 32.2 Å². The predicted molar refractivity (Wildman–Crippen MR) is 150 cm³/mol. The van der Waals surface area contributed by atoms with Gasteiger partial charge in [0.1, 0.15) is 22.8 Å². The van der Waals surface area contributed by atoms with Crippen LogP contribution >= 0.6 is 0 Å². The Hall–Kier alpha value is -3.74. The van der Waals surface area contributed by atoms with Crippen molar-refractivity contribution < 1.29 is 22.4 Å². The lowest BCUT2D eigenvalue weighted by molar-refractivity contribution is 0.203. The summed E-state index contributed by atoms with van der Waals surface area (Å²) in [7, 11) is 0. The number of rotatable bonds is 11. The number of urea groups is 1. The number of carbonyl (C=O) groups is 1. The maximum absolute atomic E-state index is 14.3. The number of unbranched alkanes of at least 4 members (excludes halogenated alkanes) is 4. The zero-order valence-corrected chi connectivity index (χ0v) is 22.7.